The van der Waals surface area contributed by atoms with Crippen LogP contribution in [0.4, 0.5) is 4.79 Å². The first-order valence-corrected chi connectivity index (χ1v) is 5.87. The number of amides is 2. The van der Waals surface area contributed by atoms with Crippen molar-refractivity contribution in [3.05, 3.63) is 35.9 Å². The highest BCUT2D eigenvalue weighted by Gasteiger charge is 1.99. The van der Waals surface area contributed by atoms with Gasteiger partial charge in [0.1, 0.15) is 0 Å². The van der Waals surface area contributed by atoms with E-state index in [1.54, 1.807) is 0 Å². The normalized spacial score (nSPS) is 11.2. The van der Waals surface area contributed by atoms with Crippen LogP contribution in [-0.4, -0.2) is 11.7 Å². The summed E-state index contributed by atoms with van der Waals surface area (Å²) in [5, 5.41) is 3.97. The van der Waals surface area contributed by atoms with Gasteiger partial charge in [0.05, 0.1) is 0 Å². The third kappa shape index (κ3) is 5.70. The molecule has 4 heteroatoms. The number of aryl methyl sites for hydroxylation is 1. The number of urea groups is 1. The van der Waals surface area contributed by atoms with Crippen LogP contribution in [0.3, 0.4) is 0 Å². The van der Waals surface area contributed by atoms with Crippen LogP contribution in [0.1, 0.15) is 31.7 Å². The lowest BCUT2D eigenvalue weighted by Crippen LogP contribution is -2.25. The molecule has 1 aromatic rings. The fourth-order valence-electron chi connectivity index (χ4n) is 1.59. The third-order valence-electron chi connectivity index (χ3n) is 2.51. The molecule has 0 radical (unpaired) electrons. The van der Waals surface area contributed by atoms with E-state index in [1.807, 2.05) is 25.1 Å². The number of nitrogens with two attached hydrogens (primary N) is 1. The molecule has 0 aliphatic carbocycles. The van der Waals surface area contributed by atoms with E-state index in [9.17, 15) is 4.79 Å². The molecule has 92 valence electrons. The molecule has 0 atom stereocenters. The summed E-state index contributed by atoms with van der Waals surface area (Å²) in [6.07, 6.45) is 3.76. The van der Waals surface area contributed by atoms with Gasteiger partial charge in [-0.05, 0) is 31.2 Å². The van der Waals surface area contributed by atoms with E-state index in [0.717, 1.165) is 31.4 Å². The number of rotatable bonds is 6. The van der Waals surface area contributed by atoms with Crippen LogP contribution in [0.15, 0.2) is 35.4 Å². The molecule has 0 aliphatic rings. The van der Waals surface area contributed by atoms with E-state index < -0.39 is 6.03 Å². The summed E-state index contributed by atoms with van der Waals surface area (Å²) < 4.78 is 0. The van der Waals surface area contributed by atoms with Crippen molar-refractivity contribution in [3.63, 3.8) is 0 Å². The van der Waals surface area contributed by atoms with Crippen LogP contribution in [-0.2, 0) is 6.42 Å². The van der Waals surface area contributed by atoms with E-state index in [4.69, 9.17) is 5.73 Å². The number of nitrogens with zero attached hydrogens (tertiary/aromatic N) is 1. The Morgan fingerprint density at radius 3 is 2.65 bits per heavy atom. The zero-order chi connectivity index (χ0) is 12.5. The van der Waals surface area contributed by atoms with Gasteiger partial charge in [0, 0.05) is 5.71 Å². The molecule has 0 bridgehead atoms. The standard InChI is InChI=1S/C13H19N3O/c1-2-12(15-16-13(14)17)10-6-9-11-7-4-3-5-8-11/h3-5,7-8H,2,6,9-10H2,1H3,(H3,14,16,17). The van der Waals surface area contributed by atoms with Gasteiger partial charge in [0.15, 0.2) is 0 Å². The van der Waals surface area contributed by atoms with Crippen molar-refractivity contribution in [1.29, 1.82) is 0 Å². The topological polar surface area (TPSA) is 67.5 Å². The second-order valence-electron chi connectivity index (χ2n) is 3.85. The lowest BCUT2D eigenvalue weighted by Gasteiger charge is -2.04. The Morgan fingerprint density at radius 1 is 1.35 bits per heavy atom. The van der Waals surface area contributed by atoms with Crippen molar-refractivity contribution in [1.82, 2.24) is 5.43 Å². The van der Waals surface area contributed by atoms with Crippen LogP contribution < -0.4 is 11.2 Å². The lowest BCUT2D eigenvalue weighted by molar-refractivity contribution is 0.249. The summed E-state index contributed by atoms with van der Waals surface area (Å²) in [4.78, 5) is 10.5. The molecule has 0 saturated carbocycles. The summed E-state index contributed by atoms with van der Waals surface area (Å²) in [6.45, 7) is 2.02. The molecular formula is C13H19N3O. The maximum absolute atomic E-state index is 10.5. The van der Waals surface area contributed by atoms with E-state index in [2.05, 4.69) is 22.7 Å². The van der Waals surface area contributed by atoms with E-state index in [1.165, 1.54) is 5.56 Å². The second kappa shape index (κ2) is 7.44. The fourth-order valence-corrected chi connectivity index (χ4v) is 1.59. The first-order chi connectivity index (χ1) is 8.22. The summed E-state index contributed by atoms with van der Waals surface area (Å²) in [5.41, 5.74) is 9.53. The predicted octanol–water partition coefficient (Wildman–Crippen LogP) is 2.44. The van der Waals surface area contributed by atoms with E-state index in [-0.39, 0.29) is 0 Å². The van der Waals surface area contributed by atoms with Crippen molar-refractivity contribution in [2.24, 2.45) is 10.8 Å². The van der Waals surface area contributed by atoms with Gasteiger partial charge in [-0.15, -0.1) is 0 Å². The summed E-state index contributed by atoms with van der Waals surface area (Å²) in [6, 6.07) is 9.71. The zero-order valence-electron chi connectivity index (χ0n) is 10.1. The number of hydrogen-bond donors (Lipinski definition) is 2. The van der Waals surface area contributed by atoms with Crippen LogP contribution in [0.25, 0.3) is 0 Å². The molecule has 0 heterocycles. The van der Waals surface area contributed by atoms with Gasteiger partial charge in [-0.1, -0.05) is 37.3 Å². The highest BCUT2D eigenvalue weighted by Crippen LogP contribution is 2.06. The Bertz CT molecular complexity index is 374. The van der Waals surface area contributed by atoms with Crippen molar-refractivity contribution >= 4 is 11.7 Å². The maximum atomic E-state index is 10.5. The number of carbonyl (C=O) groups excluding carboxylic acids is 1. The van der Waals surface area contributed by atoms with Crippen molar-refractivity contribution in [2.45, 2.75) is 32.6 Å². The molecule has 1 rings (SSSR count). The summed E-state index contributed by atoms with van der Waals surface area (Å²) >= 11 is 0. The highest BCUT2D eigenvalue weighted by atomic mass is 16.2. The van der Waals surface area contributed by atoms with Gasteiger partial charge in [-0.3, -0.25) is 0 Å². The summed E-state index contributed by atoms with van der Waals surface area (Å²) in [7, 11) is 0. The first kappa shape index (κ1) is 13.2. The molecule has 3 N–H and O–H groups in total. The van der Waals surface area contributed by atoms with Gasteiger partial charge in [-0.25, -0.2) is 10.2 Å². The Morgan fingerprint density at radius 2 is 2.06 bits per heavy atom. The minimum absolute atomic E-state index is 0.612. The molecule has 17 heavy (non-hydrogen) atoms. The molecule has 4 nitrogen and oxygen atoms in total. The SMILES string of the molecule is CCC(CCCc1ccccc1)=NNC(N)=O. The van der Waals surface area contributed by atoms with Crippen LogP contribution in [0, 0.1) is 0 Å². The highest BCUT2D eigenvalue weighted by molar-refractivity contribution is 5.85. The average Bonchev–Trinajstić information content (AvgIpc) is 2.34. The molecule has 0 fully saturated rings. The van der Waals surface area contributed by atoms with Gasteiger partial charge < -0.3 is 5.73 Å². The Labute approximate surface area is 102 Å². The number of primary amides is 1. The molecule has 0 spiro atoms. The van der Waals surface area contributed by atoms with Crippen LogP contribution in [0.5, 0.6) is 0 Å². The number of nitrogens with one attached hydrogen (secondary N) is 1. The quantitative estimate of drug-likeness (QED) is 0.575. The summed E-state index contributed by atoms with van der Waals surface area (Å²) in [5.74, 6) is 0. The minimum Gasteiger partial charge on any atom is -0.350 e. The fraction of sp³-hybridized carbons (Fsp3) is 0.385. The molecule has 0 saturated heterocycles. The predicted molar refractivity (Wildman–Crippen MR) is 69.8 cm³/mol. The molecule has 0 aromatic heterocycles. The molecule has 2 amide bonds. The monoisotopic (exact) mass is 233 g/mol. The minimum atomic E-state index is -0.612. The molecule has 0 unspecified atom stereocenters. The van der Waals surface area contributed by atoms with E-state index in [0.29, 0.717) is 0 Å². The van der Waals surface area contributed by atoms with Gasteiger partial charge in [0.2, 0.25) is 0 Å². The Balaban J connectivity index is 2.33. The molecular weight excluding hydrogens is 214 g/mol. The van der Waals surface area contributed by atoms with Crippen molar-refractivity contribution in [2.75, 3.05) is 0 Å². The zero-order valence-corrected chi connectivity index (χ0v) is 10.1. The van der Waals surface area contributed by atoms with Crippen molar-refractivity contribution < 1.29 is 4.79 Å². The Hall–Kier alpha value is -1.84. The number of carbonyl (C=O) groups is 1. The smallest absolute Gasteiger partial charge is 0.332 e. The van der Waals surface area contributed by atoms with Gasteiger partial charge in [-0.2, -0.15) is 5.10 Å². The van der Waals surface area contributed by atoms with Gasteiger partial charge in [0.25, 0.3) is 0 Å². The van der Waals surface area contributed by atoms with Crippen LogP contribution >= 0.6 is 0 Å². The first-order valence-electron chi connectivity index (χ1n) is 5.87. The number of hydrogen-bond acceptors (Lipinski definition) is 2. The largest absolute Gasteiger partial charge is 0.350 e. The lowest BCUT2D eigenvalue weighted by atomic mass is 10.1. The Kier molecular flexibility index (Phi) is 5.79. The average molecular weight is 233 g/mol. The number of benzene rings is 1. The second-order valence-corrected chi connectivity index (χ2v) is 3.85. The third-order valence-corrected chi connectivity index (χ3v) is 2.51. The van der Waals surface area contributed by atoms with Crippen LogP contribution in [0.2, 0.25) is 0 Å². The van der Waals surface area contributed by atoms with Crippen molar-refractivity contribution in [3.8, 4) is 0 Å². The molecule has 0 aliphatic heterocycles. The van der Waals surface area contributed by atoms with Gasteiger partial charge >= 0.3 is 6.03 Å². The molecule has 1 aromatic carbocycles. The van der Waals surface area contributed by atoms with E-state index >= 15 is 0 Å². The maximum Gasteiger partial charge on any atom is 0.332 e. The number of hydrazone groups is 1.